The highest BCUT2D eigenvalue weighted by atomic mass is 79.9. The third kappa shape index (κ3) is 2.02. The molecule has 1 saturated carbocycles. The molecule has 0 atom stereocenters. The van der Waals surface area contributed by atoms with Crippen LogP contribution in [0.15, 0.2) is 28.7 Å². The van der Waals surface area contributed by atoms with Crippen LogP contribution in [-0.4, -0.2) is 23.9 Å². The molecule has 0 aromatic heterocycles. The number of hydrogen-bond donors (Lipinski definition) is 1. The van der Waals surface area contributed by atoms with Crippen LogP contribution in [0.25, 0.3) is 0 Å². The predicted molar refractivity (Wildman–Crippen MR) is 74.7 cm³/mol. The molecule has 2 heterocycles. The average Bonchev–Trinajstić information content (AvgIpc) is 2.42. The Hall–Kier alpha value is -0.380. The molecule has 1 aromatic carbocycles. The van der Waals surface area contributed by atoms with Crippen LogP contribution < -0.4 is 0 Å². The number of ether oxygens (including phenoxy) is 1. The molecule has 98 valence electrons. The molecule has 0 unspecified atom stereocenters. The molecular formula is C15H19BrO2. The average molecular weight is 311 g/mol. The maximum absolute atomic E-state index is 9.16. The fourth-order valence-corrected chi connectivity index (χ4v) is 3.73. The minimum atomic E-state index is -0.0220. The zero-order valence-electron chi connectivity index (χ0n) is 10.5. The molecule has 0 amide bonds. The van der Waals surface area contributed by atoms with E-state index >= 15 is 0 Å². The molecule has 3 fully saturated rings. The van der Waals surface area contributed by atoms with Gasteiger partial charge in [-0.3, -0.25) is 0 Å². The van der Waals surface area contributed by atoms with E-state index in [1.54, 1.807) is 0 Å². The van der Waals surface area contributed by atoms with E-state index in [1.807, 2.05) is 0 Å². The normalized spacial score (nSPS) is 34.8. The lowest BCUT2D eigenvalue weighted by Crippen LogP contribution is -2.53. The van der Waals surface area contributed by atoms with E-state index in [2.05, 4.69) is 40.2 Å². The highest BCUT2D eigenvalue weighted by Gasteiger charge is 2.49. The maximum Gasteiger partial charge on any atom is 0.0705 e. The summed E-state index contributed by atoms with van der Waals surface area (Å²) in [6.45, 7) is 1.06. The van der Waals surface area contributed by atoms with Gasteiger partial charge in [0, 0.05) is 16.5 Å². The lowest BCUT2D eigenvalue weighted by Gasteiger charge is -2.53. The van der Waals surface area contributed by atoms with Gasteiger partial charge in [-0.2, -0.15) is 0 Å². The largest absolute Gasteiger partial charge is 0.396 e. The van der Waals surface area contributed by atoms with Crippen molar-refractivity contribution in [3.8, 4) is 0 Å². The van der Waals surface area contributed by atoms with Crippen LogP contribution in [0.2, 0.25) is 0 Å². The molecular weight excluding hydrogens is 292 g/mol. The van der Waals surface area contributed by atoms with Crippen LogP contribution in [0, 0.1) is 0 Å². The number of halogens is 1. The molecule has 3 heteroatoms. The van der Waals surface area contributed by atoms with Crippen molar-refractivity contribution in [3.05, 3.63) is 34.3 Å². The maximum atomic E-state index is 9.16. The fourth-order valence-electron chi connectivity index (χ4n) is 3.47. The molecule has 2 saturated heterocycles. The molecule has 1 aliphatic carbocycles. The first-order chi connectivity index (χ1) is 8.68. The van der Waals surface area contributed by atoms with E-state index in [0.717, 1.165) is 30.3 Å². The second-order valence-corrected chi connectivity index (χ2v) is 6.65. The van der Waals surface area contributed by atoms with Gasteiger partial charge in [-0.15, -0.1) is 0 Å². The third-order valence-electron chi connectivity index (χ3n) is 4.80. The molecule has 0 radical (unpaired) electrons. The molecule has 2 bridgehead atoms. The summed E-state index contributed by atoms with van der Waals surface area (Å²) >= 11 is 3.49. The van der Waals surface area contributed by atoms with Crippen LogP contribution in [0.3, 0.4) is 0 Å². The monoisotopic (exact) mass is 310 g/mol. The lowest BCUT2D eigenvalue weighted by molar-refractivity contribution is -0.164. The van der Waals surface area contributed by atoms with Gasteiger partial charge in [0.15, 0.2) is 0 Å². The van der Waals surface area contributed by atoms with Crippen LogP contribution in [0.1, 0.15) is 37.7 Å². The highest BCUT2D eigenvalue weighted by molar-refractivity contribution is 9.10. The first-order valence-electron chi connectivity index (χ1n) is 6.69. The van der Waals surface area contributed by atoms with Crippen LogP contribution in [0.5, 0.6) is 0 Å². The number of fused-ring (bicyclic) bond motifs is 3. The van der Waals surface area contributed by atoms with Crippen molar-refractivity contribution in [2.75, 3.05) is 13.2 Å². The summed E-state index contributed by atoms with van der Waals surface area (Å²) in [4.78, 5) is 0. The van der Waals surface area contributed by atoms with Crippen molar-refractivity contribution in [1.82, 2.24) is 0 Å². The summed E-state index contributed by atoms with van der Waals surface area (Å²) in [6, 6.07) is 8.68. The van der Waals surface area contributed by atoms with Gasteiger partial charge in [-0.1, -0.05) is 28.1 Å². The topological polar surface area (TPSA) is 29.5 Å². The molecule has 1 N–H and O–H groups in total. The Kier molecular flexibility index (Phi) is 3.25. The lowest BCUT2D eigenvalue weighted by atomic mass is 9.62. The molecule has 2 nitrogen and oxygen atoms in total. The molecule has 2 aliphatic heterocycles. The Morgan fingerprint density at radius 3 is 2.28 bits per heavy atom. The summed E-state index contributed by atoms with van der Waals surface area (Å²) in [7, 11) is 0. The van der Waals surface area contributed by atoms with E-state index in [4.69, 9.17) is 9.84 Å². The predicted octanol–water partition coefficient (Wildman–Crippen LogP) is 3.41. The fraction of sp³-hybridized carbons (Fsp3) is 0.600. The molecule has 0 spiro atoms. The smallest absolute Gasteiger partial charge is 0.0705 e. The minimum Gasteiger partial charge on any atom is -0.396 e. The Balaban J connectivity index is 1.82. The third-order valence-corrected chi connectivity index (χ3v) is 5.33. The van der Waals surface area contributed by atoms with Crippen LogP contribution in [0.4, 0.5) is 0 Å². The Morgan fingerprint density at radius 1 is 1.11 bits per heavy atom. The van der Waals surface area contributed by atoms with Crippen molar-refractivity contribution in [2.24, 2.45) is 0 Å². The number of aliphatic hydroxyl groups excluding tert-OH is 1. The number of benzene rings is 1. The summed E-state index contributed by atoms with van der Waals surface area (Å²) in [5.41, 5.74) is 1.60. The minimum absolute atomic E-state index is 0.0220. The molecule has 4 rings (SSSR count). The van der Waals surface area contributed by atoms with E-state index in [0.29, 0.717) is 0 Å². The van der Waals surface area contributed by atoms with Gasteiger partial charge in [0.25, 0.3) is 0 Å². The van der Waals surface area contributed by atoms with Gasteiger partial charge >= 0.3 is 0 Å². The molecule has 18 heavy (non-hydrogen) atoms. The quantitative estimate of drug-likeness (QED) is 0.927. The van der Waals surface area contributed by atoms with Crippen molar-refractivity contribution >= 4 is 15.9 Å². The van der Waals surface area contributed by atoms with E-state index in [1.165, 1.54) is 18.4 Å². The van der Waals surface area contributed by atoms with Gasteiger partial charge in [0.05, 0.1) is 12.2 Å². The Bertz CT molecular complexity index is 402. The highest BCUT2D eigenvalue weighted by Crippen LogP contribution is 2.51. The first kappa shape index (κ1) is 12.6. The van der Waals surface area contributed by atoms with Gasteiger partial charge in [0.2, 0.25) is 0 Å². The van der Waals surface area contributed by atoms with Crippen LogP contribution in [-0.2, 0) is 10.2 Å². The second kappa shape index (κ2) is 4.62. The van der Waals surface area contributed by atoms with E-state index in [9.17, 15) is 0 Å². The summed E-state index contributed by atoms with van der Waals surface area (Å²) in [5.74, 6) is 0. The van der Waals surface area contributed by atoms with Gasteiger partial charge in [-0.25, -0.2) is 0 Å². The van der Waals surface area contributed by atoms with Gasteiger partial charge in [-0.05, 0) is 49.8 Å². The van der Waals surface area contributed by atoms with Gasteiger partial charge < -0.3 is 9.84 Å². The summed E-state index contributed by atoms with van der Waals surface area (Å²) in [6.07, 6.45) is 5.35. The second-order valence-electron chi connectivity index (χ2n) is 5.73. The summed E-state index contributed by atoms with van der Waals surface area (Å²) < 4.78 is 7.25. The standard InChI is InChI=1S/C15H19BrO2/c16-13-3-1-12(2-4-13)14-5-7-15(8-6-14,9-10-17)18-11-14/h1-4,17H,5-11H2. The van der Waals surface area contributed by atoms with Crippen LogP contribution >= 0.6 is 15.9 Å². The number of aliphatic hydroxyl groups is 1. The van der Waals surface area contributed by atoms with E-state index in [-0.39, 0.29) is 17.6 Å². The van der Waals surface area contributed by atoms with E-state index < -0.39 is 0 Å². The van der Waals surface area contributed by atoms with Crippen molar-refractivity contribution < 1.29 is 9.84 Å². The zero-order valence-corrected chi connectivity index (χ0v) is 12.1. The number of hydrogen-bond acceptors (Lipinski definition) is 2. The SMILES string of the molecule is OCCC12CCC(c3ccc(Br)cc3)(CC1)CO2. The Morgan fingerprint density at radius 2 is 1.78 bits per heavy atom. The van der Waals surface area contributed by atoms with Crippen molar-refractivity contribution in [3.63, 3.8) is 0 Å². The molecule has 1 aromatic rings. The van der Waals surface area contributed by atoms with Gasteiger partial charge in [0.1, 0.15) is 0 Å². The number of rotatable bonds is 3. The zero-order chi connectivity index (χ0) is 12.6. The summed E-state index contributed by atoms with van der Waals surface area (Å²) in [5, 5.41) is 9.16. The Labute approximate surface area is 116 Å². The van der Waals surface area contributed by atoms with Crippen molar-refractivity contribution in [2.45, 2.75) is 43.1 Å². The molecule has 3 aliphatic rings. The van der Waals surface area contributed by atoms with Crippen molar-refractivity contribution in [1.29, 1.82) is 0 Å². The first-order valence-corrected chi connectivity index (χ1v) is 7.48.